The number of carbonyl (C=O) groups excluding carboxylic acids is 4. The van der Waals surface area contributed by atoms with Crippen LogP contribution in [-0.2, 0) is 14.3 Å². The zero-order valence-electron chi connectivity index (χ0n) is 17.3. The Hall–Kier alpha value is -3.10. The fourth-order valence-electron chi connectivity index (χ4n) is 2.17. The fourth-order valence-corrected chi connectivity index (χ4v) is 2.17. The van der Waals surface area contributed by atoms with E-state index in [0.29, 0.717) is 30.8 Å². The highest BCUT2D eigenvalue weighted by Crippen LogP contribution is 2.13. The lowest BCUT2D eigenvalue weighted by atomic mass is 10.2. The van der Waals surface area contributed by atoms with Gasteiger partial charge in [0.1, 0.15) is 11.4 Å². The second-order valence-corrected chi connectivity index (χ2v) is 7.26. The molecular weight excluding hydrogens is 378 g/mol. The SMILES string of the molecule is CC(=O)Oc1cccc(C(=O)NCCCNC(=O)CCNC(=O)OC(C)(C)C)c1. The van der Waals surface area contributed by atoms with Crippen molar-refractivity contribution < 1.29 is 28.7 Å². The summed E-state index contributed by atoms with van der Waals surface area (Å²) < 4.78 is 10.0. The van der Waals surface area contributed by atoms with Crippen LogP contribution in [0.15, 0.2) is 24.3 Å². The number of nitrogens with one attached hydrogen (secondary N) is 3. The average Bonchev–Trinajstić information content (AvgIpc) is 2.59. The maximum Gasteiger partial charge on any atom is 0.407 e. The van der Waals surface area contributed by atoms with E-state index in [1.54, 1.807) is 39.0 Å². The summed E-state index contributed by atoms with van der Waals surface area (Å²) >= 11 is 0. The summed E-state index contributed by atoms with van der Waals surface area (Å²) in [6.07, 6.45) is 0.112. The van der Waals surface area contributed by atoms with Gasteiger partial charge >= 0.3 is 12.1 Å². The number of benzene rings is 1. The highest BCUT2D eigenvalue weighted by Gasteiger charge is 2.15. The highest BCUT2D eigenvalue weighted by molar-refractivity contribution is 5.94. The number of hydrogen-bond donors (Lipinski definition) is 3. The average molecular weight is 407 g/mol. The summed E-state index contributed by atoms with van der Waals surface area (Å²) in [5.41, 5.74) is -0.209. The first-order valence-electron chi connectivity index (χ1n) is 9.37. The second-order valence-electron chi connectivity index (χ2n) is 7.26. The number of carbonyl (C=O) groups is 4. The summed E-state index contributed by atoms with van der Waals surface area (Å²) in [6.45, 7) is 7.50. The van der Waals surface area contributed by atoms with E-state index in [1.807, 2.05) is 0 Å². The number of ether oxygens (including phenoxy) is 2. The molecule has 9 nitrogen and oxygen atoms in total. The smallest absolute Gasteiger partial charge is 0.407 e. The van der Waals surface area contributed by atoms with Crippen molar-refractivity contribution in [1.29, 1.82) is 0 Å². The molecule has 0 saturated carbocycles. The Kier molecular flexibility index (Phi) is 9.64. The van der Waals surface area contributed by atoms with Gasteiger partial charge in [0.15, 0.2) is 0 Å². The van der Waals surface area contributed by atoms with Gasteiger partial charge in [-0.3, -0.25) is 14.4 Å². The molecule has 0 bridgehead atoms. The third-order valence-electron chi connectivity index (χ3n) is 3.34. The van der Waals surface area contributed by atoms with E-state index in [4.69, 9.17) is 9.47 Å². The standard InChI is InChI=1S/C20H29N3O6/c1-14(24)28-16-8-5-7-15(13-16)18(26)22-11-6-10-21-17(25)9-12-23-19(27)29-20(2,3)4/h5,7-8,13H,6,9-12H2,1-4H3,(H,21,25)(H,22,26)(H,23,27). The molecule has 3 amide bonds. The Labute approximate surface area is 170 Å². The van der Waals surface area contributed by atoms with Crippen LogP contribution < -0.4 is 20.7 Å². The van der Waals surface area contributed by atoms with Crippen LogP contribution in [0.4, 0.5) is 4.79 Å². The summed E-state index contributed by atoms with van der Waals surface area (Å²) in [5.74, 6) is -0.662. The molecular formula is C20H29N3O6. The first-order valence-corrected chi connectivity index (χ1v) is 9.37. The van der Waals surface area contributed by atoms with Crippen molar-refractivity contribution in [2.75, 3.05) is 19.6 Å². The van der Waals surface area contributed by atoms with Crippen LogP contribution in [0.1, 0.15) is 50.9 Å². The molecule has 0 fully saturated rings. The summed E-state index contributed by atoms with van der Waals surface area (Å²) in [7, 11) is 0. The lowest BCUT2D eigenvalue weighted by Gasteiger charge is -2.19. The lowest BCUT2D eigenvalue weighted by Crippen LogP contribution is -2.35. The monoisotopic (exact) mass is 407 g/mol. The molecule has 0 heterocycles. The van der Waals surface area contributed by atoms with Gasteiger partial charge in [0.25, 0.3) is 5.91 Å². The van der Waals surface area contributed by atoms with Crippen LogP contribution in [-0.4, -0.2) is 49.1 Å². The predicted octanol–water partition coefficient (Wildman–Crippen LogP) is 1.76. The van der Waals surface area contributed by atoms with Crippen LogP contribution in [0, 0.1) is 0 Å². The van der Waals surface area contributed by atoms with Crippen molar-refractivity contribution in [2.45, 2.75) is 46.1 Å². The van der Waals surface area contributed by atoms with E-state index in [9.17, 15) is 19.2 Å². The van der Waals surface area contributed by atoms with Crippen molar-refractivity contribution in [1.82, 2.24) is 16.0 Å². The Morgan fingerprint density at radius 3 is 2.31 bits per heavy atom. The van der Waals surface area contributed by atoms with Gasteiger partial charge in [-0.15, -0.1) is 0 Å². The largest absolute Gasteiger partial charge is 0.444 e. The fraction of sp³-hybridized carbons (Fsp3) is 0.500. The molecule has 0 aliphatic rings. The molecule has 9 heteroatoms. The van der Waals surface area contributed by atoms with Crippen molar-refractivity contribution in [2.24, 2.45) is 0 Å². The minimum absolute atomic E-state index is 0.133. The van der Waals surface area contributed by atoms with E-state index in [2.05, 4.69) is 16.0 Å². The van der Waals surface area contributed by atoms with Crippen LogP contribution >= 0.6 is 0 Å². The molecule has 1 aromatic rings. The molecule has 0 atom stereocenters. The third kappa shape index (κ3) is 11.4. The van der Waals surface area contributed by atoms with Gasteiger partial charge in [-0.2, -0.15) is 0 Å². The molecule has 1 rings (SSSR count). The van der Waals surface area contributed by atoms with E-state index in [0.717, 1.165) is 0 Å². The van der Waals surface area contributed by atoms with Gasteiger partial charge in [-0.25, -0.2) is 4.79 Å². The molecule has 0 aromatic heterocycles. The number of alkyl carbamates (subject to hydrolysis) is 1. The topological polar surface area (TPSA) is 123 Å². The Balaban J connectivity index is 2.18. The zero-order valence-corrected chi connectivity index (χ0v) is 17.3. The van der Waals surface area contributed by atoms with E-state index < -0.39 is 17.7 Å². The second kappa shape index (κ2) is 11.7. The van der Waals surface area contributed by atoms with Gasteiger partial charge in [0.05, 0.1) is 0 Å². The van der Waals surface area contributed by atoms with Crippen LogP contribution in [0.25, 0.3) is 0 Å². The Morgan fingerprint density at radius 1 is 0.966 bits per heavy atom. The minimum atomic E-state index is -0.585. The Morgan fingerprint density at radius 2 is 1.66 bits per heavy atom. The normalized spacial score (nSPS) is 10.6. The quantitative estimate of drug-likeness (QED) is 0.326. The van der Waals surface area contributed by atoms with Crippen LogP contribution in [0.3, 0.4) is 0 Å². The van der Waals surface area contributed by atoms with Gasteiger partial charge in [0.2, 0.25) is 5.91 Å². The third-order valence-corrected chi connectivity index (χ3v) is 3.34. The summed E-state index contributed by atoms with van der Waals surface area (Å²) in [4.78, 5) is 46.2. The van der Waals surface area contributed by atoms with Gasteiger partial charge in [-0.05, 0) is 45.4 Å². The zero-order chi connectivity index (χ0) is 21.9. The Bertz CT molecular complexity index is 727. The number of hydrogen-bond acceptors (Lipinski definition) is 6. The number of esters is 1. The van der Waals surface area contributed by atoms with Gasteiger partial charge in [-0.1, -0.05) is 6.07 Å². The van der Waals surface area contributed by atoms with E-state index >= 15 is 0 Å². The van der Waals surface area contributed by atoms with E-state index in [1.165, 1.54) is 13.0 Å². The molecule has 160 valence electrons. The molecule has 0 radical (unpaired) electrons. The number of amides is 3. The maximum atomic E-state index is 12.1. The lowest BCUT2D eigenvalue weighted by molar-refractivity contribution is -0.131. The predicted molar refractivity (Wildman–Crippen MR) is 107 cm³/mol. The maximum absolute atomic E-state index is 12.1. The molecule has 0 spiro atoms. The molecule has 0 saturated heterocycles. The summed E-state index contributed by atoms with van der Waals surface area (Å²) in [6, 6.07) is 6.31. The highest BCUT2D eigenvalue weighted by atomic mass is 16.6. The van der Waals surface area contributed by atoms with Crippen molar-refractivity contribution in [3.05, 3.63) is 29.8 Å². The van der Waals surface area contributed by atoms with Gasteiger partial charge < -0.3 is 25.4 Å². The first-order chi connectivity index (χ1) is 13.6. The first kappa shape index (κ1) is 23.9. The van der Waals surface area contributed by atoms with Crippen molar-refractivity contribution in [3.8, 4) is 5.75 Å². The molecule has 29 heavy (non-hydrogen) atoms. The van der Waals surface area contributed by atoms with Crippen LogP contribution in [0.2, 0.25) is 0 Å². The minimum Gasteiger partial charge on any atom is -0.444 e. The molecule has 0 aliphatic carbocycles. The van der Waals surface area contributed by atoms with Crippen molar-refractivity contribution in [3.63, 3.8) is 0 Å². The molecule has 0 unspecified atom stereocenters. The van der Waals surface area contributed by atoms with Gasteiger partial charge in [0, 0.05) is 38.5 Å². The molecule has 0 aliphatic heterocycles. The van der Waals surface area contributed by atoms with Crippen LogP contribution in [0.5, 0.6) is 5.75 Å². The number of rotatable bonds is 9. The molecule has 3 N–H and O–H groups in total. The van der Waals surface area contributed by atoms with E-state index in [-0.39, 0.29) is 24.8 Å². The summed E-state index contributed by atoms with van der Waals surface area (Å²) in [5, 5.41) is 7.95. The van der Waals surface area contributed by atoms with Crippen molar-refractivity contribution >= 4 is 23.9 Å². The molecule has 1 aromatic carbocycles.